The van der Waals surface area contributed by atoms with Crippen molar-refractivity contribution in [3.8, 4) is 0 Å². The lowest BCUT2D eigenvalue weighted by Crippen LogP contribution is -2.42. The molecule has 0 spiro atoms. The number of piperidine rings is 1. The van der Waals surface area contributed by atoms with E-state index in [0.717, 1.165) is 5.92 Å². The number of hydrogen-bond donors (Lipinski definition) is 1. The Hall–Kier alpha value is -0.340. The van der Waals surface area contributed by atoms with Gasteiger partial charge in [-0.3, -0.25) is 4.90 Å². The summed E-state index contributed by atoms with van der Waals surface area (Å²) < 4.78 is 0. The first-order valence-corrected chi connectivity index (χ1v) is 7.16. The Kier molecular flexibility index (Phi) is 3.94. The van der Waals surface area contributed by atoms with Crippen molar-refractivity contribution in [3.63, 3.8) is 0 Å². The number of rotatable bonds is 2. The third-order valence-corrected chi connectivity index (χ3v) is 4.96. The molecule has 0 unspecified atom stereocenters. The molecule has 17 heavy (non-hydrogen) atoms. The Balaban J connectivity index is 1.92. The summed E-state index contributed by atoms with van der Waals surface area (Å²) in [6.45, 7) is 10.8. The van der Waals surface area contributed by atoms with Crippen LogP contribution in [0.3, 0.4) is 0 Å². The van der Waals surface area contributed by atoms with Crippen LogP contribution in [-0.2, 0) is 0 Å². The van der Waals surface area contributed by atoms with Gasteiger partial charge in [0.05, 0.1) is 0 Å². The normalized spacial score (nSPS) is 31.3. The molecule has 0 bridgehead atoms. The molecule has 1 heterocycles. The molecule has 1 aliphatic carbocycles. The van der Waals surface area contributed by atoms with Gasteiger partial charge in [0.15, 0.2) is 0 Å². The quantitative estimate of drug-likeness (QED) is 0.747. The largest absolute Gasteiger partial charge is 0.328 e. The van der Waals surface area contributed by atoms with Gasteiger partial charge in [-0.05, 0) is 50.1 Å². The van der Waals surface area contributed by atoms with Crippen molar-refractivity contribution in [3.05, 3.63) is 11.6 Å². The molecular formula is C15H28N2. The van der Waals surface area contributed by atoms with E-state index in [1.807, 2.05) is 0 Å². The van der Waals surface area contributed by atoms with Crippen molar-refractivity contribution in [2.45, 2.75) is 52.5 Å². The van der Waals surface area contributed by atoms with Gasteiger partial charge in [-0.1, -0.05) is 32.4 Å². The van der Waals surface area contributed by atoms with Crippen LogP contribution in [0, 0.1) is 11.3 Å². The van der Waals surface area contributed by atoms with Crippen LogP contribution in [0.1, 0.15) is 46.5 Å². The molecule has 0 amide bonds. The molecule has 98 valence electrons. The standard InChI is InChI=1S/C15H28N2/c1-12-13(5-4-8-15(12,2)3)11-17-9-6-14(16)7-10-17/h5,12,14H,4,6-11,16H2,1-3H3/t12-/m0/s1. The molecule has 2 N–H and O–H groups in total. The Morgan fingerprint density at radius 3 is 2.65 bits per heavy atom. The Bertz CT molecular complexity index is 285. The minimum atomic E-state index is 0.445. The number of nitrogens with zero attached hydrogens (tertiary/aromatic N) is 1. The SMILES string of the molecule is C[C@H]1C(CN2CCC(N)CC2)=CCCC1(C)C. The van der Waals surface area contributed by atoms with Gasteiger partial charge in [-0.2, -0.15) is 0 Å². The molecule has 2 aliphatic rings. The van der Waals surface area contributed by atoms with E-state index < -0.39 is 0 Å². The van der Waals surface area contributed by atoms with Gasteiger partial charge < -0.3 is 5.73 Å². The van der Waals surface area contributed by atoms with Gasteiger partial charge in [-0.25, -0.2) is 0 Å². The first-order valence-electron chi connectivity index (χ1n) is 7.16. The molecular weight excluding hydrogens is 208 g/mol. The van der Waals surface area contributed by atoms with Crippen LogP contribution in [0.5, 0.6) is 0 Å². The third-order valence-electron chi connectivity index (χ3n) is 4.96. The van der Waals surface area contributed by atoms with Crippen LogP contribution < -0.4 is 5.73 Å². The Morgan fingerprint density at radius 2 is 2.00 bits per heavy atom. The number of hydrogen-bond acceptors (Lipinski definition) is 2. The van der Waals surface area contributed by atoms with E-state index in [-0.39, 0.29) is 0 Å². The highest BCUT2D eigenvalue weighted by Crippen LogP contribution is 2.40. The second-order valence-corrected chi connectivity index (χ2v) is 6.64. The summed E-state index contributed by atoms with van der Waals surface area (Å²) in [6, 6.07) is 0.445. The van der Waals surface area contributed by atoms with Crippen LogP contribution in [-0.4, -0.2) is 30.6 Å². The van der Waals surface area contributed by atoms with Crippen LogP contribution in [0.15, 0.2) is 11.6 Å². The van der Waals surface area contributed by atoms with Crippen molar-refractivity contribution in [2.75, 3.05) is 19.6 Å². The molecule has 0 saturated carbocycles. The minimum absolute atomic E-state index is 0.445. The molecule has 2 heteroatoms. The van der Waals surface area contributed by atoms with Gasteiger partial charge >= 0.3 is 0 Å². The molecule has 0 aromatic rings. The highest BCUT2D eigenvalue weighted by molar-refractivity contribution is 5.15. The lowest BCUT2D eigenvalue weighted by molar-refractivity contribution is 0.187. The number of likely N-dealkylation sites (tertiary alicyclic amines) is 1. The van der Waals surface area contributed by atoms with E-state index >= 15 is 0 Å². The number of nitrogens with two attached hydrogens (primary N) is 1. The van der Waals surface area contributed by atoms with Gasteiger partial charge in [-0.15, -0.1) is 0 Å². The Morgan fingerprint density at radius 1 is 1.35 bits per heavy atom. The molecule has 1 saturated heterocycles. The van der Waals surface area contributed by atoms with E-state index in [9.17, 15) is 0 Å². The molecule has 0 aromatic heterocycles. The van der Waals surface area contributed by atoms with Crippen LogP contribution >= 0.6 is 0 Å². The fourth-order valence-corrected chi connectivity index (χ4v) is 3.10. The maximum Gasteiger partial charge on any atom is 0.0195 e. The second kappa shape index (κ2) is 5.11. The van der Waals surface area contributed by atoms with E-state index in [0.29, 0.717) is 11.5 Å². The molecule has 2 nitrogen and oxygen atoms in total. The van der Waals surface area contributed by atoms with E-state index in [1.54, 1.807) is 5.57 Å². The Labute approximate surface area is 106 Å². The highest BCUT2D eigenvalue weighted by atomic mass is 15.1. The molecule has 1 atom stereocenters. The summed E-state index contributed by atoms with van der Waals surface area (Å²) in [6.07, 6.45) is 7.43. The summed E-state index contributed by atoms with van der Waals surface area (Å²) in [5.41, 5.74) is 8.11. The second-order valence-electron chi connectivity index (χ2n) is 6.64. The lowest BCUT2D eigenvalue weighted by atomic mass is 9.69. The summed E-state index contributed by atoms with van der Waals surface area (Å²) in [7, 11) is 0. The predicted octanol–water partition coefficient (Wildman–Crippen LogP) is 2.79. The third kappa shape index (κ3) is 3.11. The van der Waals surface area contributed by atoms with Gasteiger partial charge in [0, 0.05) is 12.6 Å². The van der Waals surface area contributed by atoms with Crippen molar-refractivity contribution >= 4 is 0 Å². The predicted molar refractivity (Wildman–Crippen MR) is 73.9 cm³/mol. The van der Waals surface area contributed by atoms with Crippen molar-refractivity contribution in [2.24, 2.45) is 17.1 Å². The zero-order valence-corrected chi connectivity index (χ0v) is 11.7. The van der Waals surface area contributed by atoms with Crippen molar-refractivity contribution in [1.82, 2.24) is 4.90 Å². The topological polar surface area (TPSA) is 29.3 Å². The molecule has 1 aliphatic heterocycles. The van der Waals surface area contributed by atoms with Gasteiger partial charge in [0.25, 0.3) is 0 Å². The zero-order chi connectivity index (χ0) is 12.5. The first-order chi connectivity index (χ1) is 7.99. The maximum absolute atomic E-state index is 5.96. The van der Waals surface area contributed by atoms with Crippen molar-refractivity contribution in [1.29, 1.82) is 0 Å². The van der Waals surface area contributed by atoms with Crippen LogP contribution in [0.2, 0.25) is 0 Å². The van der Waals surface area contributed by atoms with Gasteiger partial charge in [0.2, 0.25) is 0 Å². The van der Waals surface area contributed by atoms with Gasteiger partial charge in [0.1, 0.15) is 0 Å². The van der Waals surface area contributed by atoms with E-state index in [1.165, 1.54) is 45.3 Å². The summed E-state index contributed by atoms with van der Waals surface area (Å²) in [5, 5.41) is 0. The summed E-state index contributed by atoms with van der Waals surface area (Å²) in [5.74, 6) is 0.729. The lowest BCUT2D eigenvalue weighted by Gasteiger charge is -2.40. The smallest absolute Gasteiger partial charge is 0.0195 e. The molecule has 1 fully saturated rings. The van der Waals surface area contributed by atoms with E-state index in [4.69, 9.17) is 5.73 Å². The average Bonchev–Trinajstić information content (AvgIpc) is 2.28. The summed E-state index contributed by atoms with van der Waals surface area (Å²) >= 11 is 0. The first kappa shape index (κ1) is 13.1. The molecule has 0 aromatic carbocycles. The van der Waals surface area contributed by atoms with Crippen LogP contribution in [0.25, 0.3) is 0 Å². The maximum atomic E-state index is 5.96. The van der Waals surface area contributed by atoms with Crippen molar-refractivity contribution < 1.29 is 0 Å². The highest BCUT2D eigenvalue weighted by Gasteiger charge is 2.31. The average molecular weight is 236 g/mol. The summed E-state index contributed by atoms with van der Waals surface area (Å²) in [4.78, 5) is 2.59. The molecule has 0 radical (unpaired) electrons. The minimum Gasteiger partial charge on any atom is -0.328 e. The van der Waals surface area contributed by atoms with Crippen LogP contribution in [0.4, 0.5) is 0 Å². The molecule has 2 rings (SSSR count). The fraction of sp³-hybridized carbons (Fsp3) is 0.867. The zero-order valence-electron chi connectivity index (χ0n) is 11.7. The monoisotopic (exact) mass is 236 g/mol. The van der Waals surface area contributed by atoms with E-state index in [2.05, 4.69) is 31.7 Å². The fourth-order valence-electron chi connectivity index (χ4n) is 3.10. The number of allylic oxidation sites excluding steroid dienone is 1.